The third-order valence-corrected chi connectivity index (χ3v) is 3.70. The van der Waals surface area contributed by atoms with Crippen LogP contribution in [0.4, 0.5) is 5.69 Å². The van der Waals surface area contributed by atoms with Gasteiger partial charge in [-0.15, -0.1) is 10.2 Å². The molecule has 1 amide bonds. The Bertz CT molecular complexity index is 855. The van der Waals surface area contributed by atoms with Crippen LogP contribution in [0, 0.1) is 6.92 Å². The molecule has 3 rings (SSSR count). The first-order chi connectivity index (χ1) is 11.1. The number of rotatable bonds is 4. The first-order valence-electron chi connectivity index (χ1n) is 7.67. The average molecular weight is 309 g/mol. The molecule has 2 aromatic heterocycles. The standard InChI is InChI=1S/C17H19N5O/c1-4-10-21(13(3)23)15-7-5-6-14(11-15)16-8-9-17-19-18-12(2)22(17)20-16/h5-9,11H,4,10H2,1-3H3. The molecular weight excluding hydrogens is 290 g/mol. The van der Waals surface area contributed by atoms with E-state index >= 15 is 0 Å². The van der Waals surface area contributed by atoms with Gasteiger partial charge in [0.15, 0.2) is 11.5 Å². The van der Waals surface area contributed by atoms with Crippen LogP contribution in [0.3, 0.4) is 0 Å². The predicted molar refractivity (Wildman–Crippen MR) is 89.3 cm³/mol. The molecule has 0 aliphatic heterocycles. The van der Waals surface area contributed by atoms with E-state index in [2.05, 4.69) is 22.2 Å². The van der Waals surface area contributed by atoms with Crippen LogP contribution in [-0.4, -0.2) is 32.3 Å². The minimum absolute atomic E-state index is 0.0436. The highest BCUT2D eigenvalue weighted by Gasteiger charge is 2.12. The Morgan fingerprint density at radius 2 is 2.04 bits per heavy atom. The predicted octanol–water partition coefficient (Wildman–Crippen LogP) is 2.86. The van der Waals surface area contributed by atoms with Gasteiger partial charge in [0.2, 0.25) is 5.91 Å². The van der Waals surface area contributed by atoms with E-state index < -0.39 is 0 Å². The largest absolute Gasteiger partial charge is 0.313 e. The van der Waals surface area contributed by atoms with Crippen molar-refractivity contribution in [2.24, 2.45) is 0 Å². The zero-order valence-corrected chi connectivity index (χ0v) is 13.5. The maximum Gasteiger partial charge on any atom is 0.223 e. The van der Waals surface area contributed by atoms with E-state index in [4.69, 9.17) is 0 Å². The molecule has 0 aliphatic carbocycles. The van der Waals surface area contributed by atoms with Crippen LogP contribution in [0.5, 0.6) is 0 Å². The fourth-order valence-corrected chi connectivity index (χ4v) is 2.58. The highest BCUT2D eigenvalue weighted by molar-refractivity contribution is 5.92. The van der Waals surface area contributed by atoms with Crippen molar-refractivity contribution in [3.63, 3.8) is 0 Å². The molecule has 0 N–H and O–H groups in total. The maximum atomic E-state index is 11.9. The molecule has 0 saturated carbocycles. The van der Waals surface area contributed by atoms with Crippen molar-refractivity contribution in [2.45, 2.75) is 27.2 Å². The molecule has 6 heteroatoms. The summed E-state index contributed by atoms with van der Waals surface area (Å²) in [5.74, 6) is 0.788. The molecule has 0 atom stereocenters. The molecule has 0 saturated heterocycles. The molecule has 6 nitrogen and oxygen atoms in total. The second-order valence-electron chi connectivity index (χ2n) is 5.46. The molecule has 23 heavy (non-hydrogen) atoms. The number of carbonyl (C=O) groups is 1. The Hall–Kier alpha value is -2.76. The van der Waals surface area contributed by atoms with Gasteiger partial charge in [0, 0.05) is 24.7 Å². The van der Waals surface area contributed by atoms with Gasteiger partial charge in [0.25, 0.3) is 0 Å². The SMILES string of the molecule is CCCN(C(C)=O)c1cccc(-c2ccc3nnc(C)n3n2)c1. The highest BCUT2D eigenvalue weighted by atomic mass is 16.2. The van der Waals surface area contributed by atoms with Crippen LogP contribution < -0.4 is 4.90 Å². The fourth-order valence-electron chi connectivity index (χ4n) is 2.58. The van der Waals surface area contributed by atoms with Gasteiger partial charge in [0.05, 0.1) is 5.69 Å². The quantitative estimate of drug-likeness (QED) is 0.743. The van der Waals surface area contributed by atoms with Crippen LogP contribution in [0.2, 0.25) is 0 Å². The average Bonchev–Trinajstić information content (AvgIpc) is 2.93. The topological polar surface area (TPSA) is 63.4 Å². The molecule has 118 valence electrons. The summed E-state index contributed by atoms with van der Waals surface area (Å²) in [7, 11) is 0. The van der Waals surface area contributed by atoms with Gasteiger partial charge in [0.1, 0.15) is 0 Å². The van der Waals surface area contributed by atoms with Crippen molar-refractivity contribution < 1.29 is 4.79 Å². The first-order valence-corrected chi connectivity index (χ1v) is 7.67. The summed E-state index contributed by atoms with van der Waals surface area (Å²) in [5, 5.41) is 12.6. The number of benzene rings is 1. The number of carbonyl (C=O) groups excluding carboxylic acids is 1. The van der Waals surface area contributed by atoms with Crippen molar-refractivity contribution in [3.8, 4) is 11.3 Å². The van der Waals surface area contributed by atoms with Gasteiger partial charge in [-0.1, -0.05) is 19.1 Å². The van der Waals surface area contributed by atoms with Gasteiger partial charge >= 0.3 is 0 Å². The van der Waals surface area contributed by atoms with Gasteiger partial charge in [-0.25, -0.2) is 0 Å². The van der Waals surface area contributed by atoms with Crippen LogP contribution in [0.1, 0.15) is 26.1 Å². The number of aryl methyl sites for hydroxylation is 1. The van der Waals surface area contributed by atoms with Crippen molar-refractivity contribution >= 4 is 17.2 Å². The number of amides is 1. The third kappa shape index (κ3) is 2.92. The van der Waals surface area contributed by atoms with Crippen LogP contribution in [0.25, 0.3) is 16.9 Å². The Labute approximate surface area is 134 Å². The Kier molecular flexibility index (Phi) is 4.06. The highest BCUT2D eigenvalue weighted by Crippen LogP contribution is 2.24. The van der Waals surface area contributed by atoms with E-state index in [1.165, 1.54) is 0 Å². The molecule has 0 aliphatic rings. The second kappa shape index (κ2) is 6.16. The number of aromatic nitrogens is 4. The summed E-state index contributed by atoms with van der Waals surface area (Å²) >= 11 is 0. The summed E-state index contributed by atoms with van der Waals surface area (Å²) in [6, 6.07) is 11.7. The molecular formula is C17H19N5O. The fraction of sp³-hybridized carbons (Fsp3) is 0.294. The minimum Gasteiger partial charge on any atom is -0.313 e. The summed E-state index contributed by atoms with van der Waals surface area (Å²) in [6.45, 7) is 6.22. The number of fused-ring (bicyclic) bond motifs is 1. The number of hydrogen-bond acceptors (Lipinski definition) is 4. The van der Waals surface area contributed by atoms with Gasteiger partial charge in [-0.3, -0.25) is 4.79 Å². The van der Waals surface area contributed by atoms with Crippen LogP contribution in [-0.2, 0) is 4.79 Å². The lowest BCUT2D eigenvalue weighted by Crippen LogP contribution is -2.29. The molecule has 0 spiro atoms. The lowest BCUT2D eigenvalue weighted by molar-refractivity contribution is -0.116. The number of anilines is 1. The van der Waals surface area contributed by atoms with E-state index in [1.54, 1.807) is 16.3 Å². The van der Waals surface area contributed by atoms with Crippen molar-refractivity contribution in [3.05, 3.63) is 42.2 Å². The van der Waals surface area contributed by atoms with E-state index in [0.29, 0.717) is 6.54 Å². The zero-order chi connectivity index (χ0) is 16.4. The van der Waals surface area contributed by atoms with Crippen molar-refractivity contribution in [1.29, 1.82) is 0 Å². The monoisotopic (exact) mass is 309 g/mol. The summed E-state index contributed by atoms with van der Waals surface area (Å²) in [4.78, 5) is 13.6. The van der Waals surface area contributed by atoms with Crippen LogP contribution >= 0.6 is 0 Å². The third-order valence-electron chi connectivity index (χ3n) is 3.70. The molecule has 0 bridgehead atoms. The molecule has 0 unspecified atom stereocenters. The molecule has 2 heterocycles. The molecule has 3 aromatic rings. The van der Waals surface area contributed by atoms with Gasteiger partial charge < -0.3 is 4.90 Å². The van der Waals surface area contributed by atoms with Gasteiger partial charge in [-0.05, 0) is 37.6 Å². The van der Waals surface area contributed by atoms with Crippen LogP contribution in [0.15, 0.2) is 36.4 Å². The molecule has 0 radical (unpaired) electrons. The Morgan fingerprint density at radius 3 is 2.78 bits per heavy atom. The maximum absolute atomic E-state index is 11.9. The van der Waals surface area contributed by atoms with Gasteiger partial charge in [-0.2, -0.15) is 9.61 Å². The second-order valence-corrected chi connectivity index (χ2v) is 5.46. The summed E-state index contributed by atoms with van der Waals surface area (Å²) in [6.07, 6.45) is 0.911. The molecule has 0 fully saturated rings. The van der Waals surface area contributed by atoms with E-state index in [-0.39, 0.29) is 5.91 Å². The van der Waals surface area contributed by atoms with E-state index in [0.717, 1.165) is 34.8 Å². The smallest absolute Gasteiger partial charge is 0.223 e. The molecule has 1 aromatic carbocycles. The lowest BCUT2D eigenvalue weighted by Gasteiger charge is -2.21. The zero-order valence-electron chi connectivity index (χ0n) is 13.5. The Balaban J connectivity index is 2.03. The minimum atomic E-state index is 0.0436. The van der Waals surface area contributed by atoms with E-state index in [9.17, 15) is 4.79 Å². The van der Waals surface area contributed by atoms with Crippen molar-refractivity contribution in [1.82, 2.24) is 19.8 Å². The first kappa shape index (κ1) is 15.1. The summed E-state index contributed by atoms with van der Waals surface area (Å²) < 4.78 is 1.72. The summed E-state index contributed by atoms with van der Waals surface area (Å²) in [5.41, 5.74) is 3.39. The normalized spacial score (nSPS) is 10.9. The Morgan fingerprint density at radius 1 is 1.22 bits per heavy atom. The lowest BCUT2D eigenvalue weighted by atomic mass is 10.1. The van der Waals surface area contributed by atoms with E-state index in [1.807, 2.05) is 43.3 Å². The van der Waals surface area contributed by atoms with Crippen molar-refractivity contribution in [2.75, 3.05) is 11.4 Å². The number of nitrogens with zero attached hydrogens (tertiary/aromatic N) is 5. The number of hydrogen-bond donors (Lipinski definition) is 0.